The molecule has 82 valence electrons. The quantitative estimate of drug-likeness (QED) is 0.696. The van der Waals surface area contributed by atoms with Crippen LogP contribution in [-0.2, 0) is 0 Å². The standard InChI is InChI=1S/C12H17NO2/c1-9(2)7-13(10-3-4-10)12-6-5-11(8-14)15-12/h5-6,8-10H,3-4,7H2,1-2H3. The predicted molar refractivity (Wildman–Crippen MR) is 59.3 cm³/mol. The number of nitrogens with zero attached hydrogens (tertiary/aromatic N) is 1. The van der Waals surface area contributed by atoms with Crippen molar-refractivity contribution >= 4 is 12.2 Å². The second-order valence-electron chi connectivity index (χ2n) is 4.57. The summed E-state index contributed by atoms with van der Waals surface area (Å²) in [5, 5.41) is 0. The molecule has 0 aromatic carbocycles. The van der Waals surface area contributed by atoms with E-state index in [-0.39, 0.29) is 0 Å². The lowest BCUT2D eigenvalue weighted by Gasteiger charge is -2.23. The zero-order chi connectivity index (χ0) is 10.8. The summed E-state index contributed by atoms with van der Waals surface area (Å²) in [6.45, 7) is 5.38. The first-order chi connectivity index (χ1) is 7.20. The maximum atomic E-state index is 10.5. The van der Waals surface area contributed by atoms with E-state index >= 15 is 0 Å². The van der Waals surface area contributed by atoms with Crippen LogP contribution in [0.3, 0.4) is 0 Å². The maximum absolute atomic E-state index is 10.5. The Kier molecular flexibility index (Phi) is 2.80. The number of anilines is 1. The van der Waals surface area contributed by atoms with Crippen LogP contribution >= 0.6 is 0 Å². The fourth-order valence-electron chi connectivity index (χ4n) is 1.76. The highest BCUT2D eigenvalue weighted by Gasteiger charge is 2.31. The number of rotatable bonds is 5. The number of hydrogen-bond acceptors (Lipinski definition) is 3. The minimum absolute atomic E-state index is 0.416. The van der Waals surface area contributed by atoms with Crippen molar-refractivity contribution in [3.63, 3.8) is 0 Å². The van der Waals surface area contributed by atoms with Crippen molar-refractivity contribution in [3.8, 4) is 0 Å². The van der Waals surface area contributed by atoms with E-state index in [2.05, 4.69) is 18.7 Å². The molecule has 3 nitrogen and oxygen atoms in total. The Labute approximate surface area is 90.1 Å². The Morgan fingerprint density at radius 3 is 2.73 bits per heavy atom. The van der Waals surface area contributed by atoms with E-state index < -0.39 is 0 Å². The highest BCUT2D eigenvalue weighted by molar-refractivity contribution is 5.71. The summed E-state index contributed by atoms with van der Waals surface area (Å²) in [6, 6.07) is 4.25. The first-order valence-corrected chi connectivity index (χ1v) is 5.52. The second kappa shape index (κ2) is 4.09. The van der Waals surface area contributed by atoms with E-state index in [9.17, 15) is 4.79 Å². The van der Waals surface area contributed by atoms with Crippen molar-refractivity contribution in [3.05, 3.63) is 17.9 Å². The summed E-state index contributed by atoms with van der Waals surface area (Å²) in [5.74, 6) is 1.86. The molecule has 1 aliphatic rings. The lowest BCUT2D eigenvalue weighted by atomic mass is 10.2. The molecular formula is C12H17NO2. The van der Waals surface area contributed by atoms with Crippen LogP contribution in [0.2, 0.25) is 0 Å². The van der Waals surface area contributed by atoms with Gasteiger partial charge in [-0.15, -0.1) is 0 Å². The van der Waals surface area contributed by atoms with Gasteiger partial charge >= 0.3 is 0 Å². The van der Waals surface area contributed by atoms with Crippen LogP contribution in [0.4, 0.5) is 5.88 Å². The van der Waals surface area contributed by atoms with Crippen molar-refractivity contribution < 1.29 is 9.21 Å². The van der Waals surface area contributed by atoms with E-state index in [0.29, 0.717) is 17.7 Å². The summed E-state index contributed by atoms with van der Waals surface area (Å²) in [6.07, 6.45) is 3.23. The molecule has 0 bridgehead atoms. The molecule has 0 amide bonds. The molecule has 0 spiro atoms. The van der Waals surface area contributed by atoms with E-state index in [1.165, 1.54) is 12.8 Å². The molecule has 15 heavy (non-hydrogen) atoms. The van der Waals surface area contributed by atoms with Crippen LogP contribution in [0.15, 0.2) is 16.5 Å². The number of carbonyl (C=O) groups excluding carboxylic acids is 1. The van der Waals surface area contributed by atoms with Gasteiger partial charge in [-0.25, -0.2) is 0 Å². The van der Waals surface area contributed by atoms with Gasteiger partial charge in [-0.1, -0.05) is 13.8 Å². The number of furan rings is 1. The Morgan fingerprint density at radius 2 is 2.27 bits per heavy atom. The largest absolute Gasteiger partial charge is 0.438 e. The van der Waals surface area contributed by atoms with Gasteiger partial charge in [-0.3, -0.25) is 4.79 Å². The van der Waals surface area contributed by atoms with Crippen molar-refractivity contribution in [1.82, 2.24) is 0 Å². The molecule has 0 radical (unpaired) electrons. The molecule has 0 saturated heterocycles. The van der Waals surface area contributed by atoms with Gasteiger partial charge in [0.15, 0.2) is 17.9 Å². The number of aldehydes is 1. The highest BCUT2D eigenvalue weighted by Crippen LogP contribution is 2.33. The predicted octanol–water partition coefficient (Wildman–Crippen LogP) is 2.72. The number of carbonyl (C=O) groups is 1. The SMILES string of the molecule is CC(C)CN(c1ccc(C=O)o1)C1CC1. The van der Waals surface area contributed by atoms with Gasteiger partial charge in [-0.05, 0) is 24.8 Å². The topological polar surface area (TPSA) is 33.5 Å². The van der Waals surface area contributed by atoms with Crippen molar-refractivity contribution in [2.75, 3.05) is 11.4 Å². The smallest absolute Gasteiger partial charge is 0.196 e. The zero-order valence-corrected chi connectivity index (χ0v) is 9.27. The summed E-state index contributed by atoms with van der Waals surface area (Å²) < 4.78 is 5.46. The lowest BCUT2D eigenvalue weighted by Crippen LogP contribution is -2.29. The average Bonchev–Trinajstić information content (AvgIpc) is 2.92. The zero-order valence-electron chi connectivity index (χ0n) is 9.27. The van der Waals surface area contributed by atoms with Gasteiger partial charge in [0.2, 0.25) is 0 Å². The first-order valence-electron chi connectivity index (χ1n) is 5.52. The van der Waals surface area contributed by atoms with Gasteiger partial charge < -0.3 is 9.32 Å². The van der Waals surface area contributed by atoms with Crippen molar-refractivity contribution in [1.29, 1.82) is 0 Å². The van der Waals surface area contributed by atoms with Crippen LogP contribution in [0.25, 0.3) is 0 Å². The third-order valence-electron chi connectivity index (χ3n) is 2.56. The molecular weight excluding hydrogens is 190 g/mol. The molecule has 1 heterocycles. The molecule has 2 rings (SSSR count). The third kappa shape index (κ3) is 2.41. The maximum Gasteiger partial charge on any atom is 0.196 e. The van der Waals surface area contributed by atoms with Gasteiger partial charge in [0.1, 0.15) is 0 Å². The minimum atomic E-state index is 0.416. The summed E-state index contributed by atoms with van der Waals surface area (Å²) in [4.78, 5) is 12.8. The normalized spacial score (nSPS) is 15.7. The van der Waals surface area contributed by atoms with Gasteiger partial charge in [0.25, 0.3) is 0 Å². The van der Waals surface area contributed by atoms with Crippen molar-refractivity contribution in [2.24, 2.45) is 5.92 Å². The molecule has 0 aliphatic heterocycles. The average molecular weight is 207 g/mol. The Morgan fingerprint density at radius 1 is 1.53 bits per heavy atom. The Hall–Kier alpha value is -1.25. The minimum Gasteiger partial charge on any atom is -0.438 e. The molecule has 1 saturated carbocycles. The molecule has 1 aromatic heterocycles. The third-order valence-corrected chi connectivity index (χ3v) is 2.56. The summed E-state index contributed by atoms with van der Waals surface area (Å²) in [7, 11) is 0. The second-order valence-corrected chi connectivity index (χ2v) is 4.57. The van der Waals surface area contributed by atoms with Gasteiger partial charge in [0, 0.05) is 18.7 Å². The molecule has 3 heteroatoms. The monoisotopic (exact) mass is 207 g/mol. The number of hydrogen-bond donors (Lipinski definition) is 0. The van der Waals surface area contributed by atoms with Crippen LogP contribution in [-0.4, -0.2) is 18.9 Å². The first kappa shape index (κ1) is 10.3. The lowest BCUT2D eigenvalue weighted by molar-refractivity contribution is 0.110. The Balaban J connectivity index is 2.12. The highest BCUT2D eigenvalue weighted by atomic mass is 16.4. The molecule has 0 atom stereocenters. The summed E-state index contributed by atoms with van der Waals surface area (Å²) >= 11 is 0. The van der Waals surface area contributed by atoms with Crippen LogP contribution < -0.4 is 4.90 Å². The van der Waals surface area contributed by atoms with E-state index in [0.717, 1.165) is 18.7 Å². The molecule has 1 aliphatic carbocycles. The fraction of sp³-hybridized carbons (Fsp3) is 0.583. The molecule has 1 aromatic rings. The summed E-state index contributed by atoms with van der Waals surface area (Å²) in [5.41, 5.74) is 0. The Bertz CT molecular complexity index is 339. The van der Waals surface area contributed by atoms with Crippen LogP contribution in [0, 0.1) is 5.92 Å². The van der Waals surface area contributed by atoms with Gasteiger partial charge in [0.05, 0.1) is 0 Å². The van der Waals surface area contributed by atoms with E-state index in [4.69, 9.17) is 4.42 Å². The van der Waals surface area contributed by atoms with Crippen LogP contribution in [0.1, 0.15) is 37.2 Å². The van der Waals surface area contributed by atoms with E-state index in [1.807, 2.05) is 6.07 Å². The van der Waals surface area contributed by atoms with E-state index in [1.54, 1.807) is 6.07 Å². The molecule has 1 fully saturated rings. The fourth-order valence-corrected chi connectivity index (χ4v) is 1.76. The molecule has 0 unspecified atom stereocenters. The van der Waals surface area contributed by atoms with Crippen molar-refractivity contribution in [2.45, 2.75) is 32.7 Å². The van der Waals surface area contributed by atoms with Gasteiger partial charge in [-0.2, -0.15) is 0 Å². The molecule has 0 N–H and O–H groups in total. The van der Waals surface area contributed by atoms with Crippen LogP contribution in [0.5, 0.6) is 0 Å².